The lowest BCUT2D eigenvalue weighted by molar-refractivity contribution is -0.305. The van der Waals surface area contributed by atoms with Gasteiger partial charge in [-0.25, -0.2) is 0 Å². The molecule has 0 aliphatic carbocycles. The summed E-state index contributed by atoms with van der Waals surface area (Å²) < 4.78 is 6.61. The van der Waals surface area contributed by atoms with E-state index >= 15 is 0 Å². The third-order valence-electron chi connectivity index (χ3n) is 2.38. The van der Waals surface area contributed by atoms with Gasteiger partial charge in [-0.05, 0) is 42.5 Å². The maximum atomic E-state index is 10.3. The van der Waals surface area contributed by atoms with Crippen LogP contribution in [0.3, 0.4) is 0 Å². The summed E-state index contributed by atoms with van der Waals surface area (Å²) in [6, 6.07) is 5.84. The molecule has 0 radical (unpaired) electrons. The summed E-state index contributed by atoms with van der Waals surface area (Å²) in [7, 11) is 0. The zero-order chi connectivity index (χ0) is 12.8. The third-order valence-corrected chi connectivity index (χ3v) is 2.87. The highest BCUT2D eigenvalue weighted by atomic mass is 79.9. The second-order valence-corrected chi connectivity index (χ2v) is 5.08. The van der Waals surface area contributed by atoms with Crippen LogP contribution in [0.2, 0.25) is 0 Å². The Labute approximate surface area is 110 Å². The van der Waals surface area contributed by atoms with Gasteiger partial charge >= 0.3 is 0 Å². The fraction of sp³-hybridized carbons (Fsp3) is 0.462. The molecule has 1 rings (SSSR count). The topological polar surface area (TPSA) is 49.4 Å². The number of aliphatic carboxylic acids is 1. The largest absolute Gasteiger partial charge is 0.550 e. The predicted molar refractivity (Wildman–Crippen MR) is 68.0 cm³/mol. The number of carbonyl (C=O) groups is 1. The molecular formula is C13H16BrO3-. The Balaban J connectivity index is 2.61. The van der Waals surface area contributed by atoms with E-state index in [4.69, 9.17) is 4.74 Å². The number of benzene rings is 1. The predicted octanol–water partition coefficient (Wildman–Crippen LogP) is 2.48. The van der Waals surface area contributed by atoms with Crippen LogP contribution in [0.25, 0.3) is 0 Å². The summed E-state index contributed by atoms with van der Waals surface area (Å²) in [5, 5.41) is 10.3. The Morgan fingerprint density at radius 3 is 2.76 bits per heavy atom. The van der Waals surface area contributed by atoms with Crippen molar-refractivity contribution in [2.75, 3.05) is 6.61 Å². The molecule has 4 heteroatoms. The average molecular weight is 300 g/mol. The van der Waals surface area contributed by atoms with Gasteiger partial charge in [-0.2, -0.15) is 0 Å². The van der Waals surface area contributed by atoms with Crippen LogP contribution >= 0.6 is 15.9 Å². The minimum absolute atomic E-state index is 0.0353. The molecule has 94 valence electrons. The quantitative estimate of drug-likeness (QED) is 0.758. The van der Waals surface area contributed by atoms with Crippen LogP contribution in [0.15, 0.2) is 22.7 Å². The van der Waals surface area contributed by atoms with E-state index in [9.17, 15) is 9.90 Å². The molecule has 17 heavy (non-hydrogen) atoms. The number of halogens is 1. The molecule has 0 unspecified atom stereocenters. The molecule has 0 saturated heterocycles. The second-order valence-electron chi connectivity index (χ2n) is 4.16. The van der Waals surface area contributed by atoms with Gasteiger partial charge in [0.05, 0.1) is 6.61 Å². The molecule has 0 fully saturated rings. The standard InChI is InChI=1S/C13H17BrO3/c1-9(2)11-8-10(14)5-6-12(11)17-7-3-4-13(15)16/h5-6,8-9H,3-4,7H2,1-2H3,(H,15,16)/p-1. The molecule has 0 amide bonds. The molecule has 0 aromatic heterocycles. The van der Waals surface area contributed by atoms with E-state index in [1.807, 2.05) is 18.2 Å². The van der Waals surface area contributed by atoms with E-state index in [1.165, 1.54) is 0 Å². The number of hydrogen-bond acceptors (Lipinski definition) is 3. The summed E-state index contributed by atoms with van der Waals surface area (Å²) in [4.78, 5) is 10.3. The summed E-state index contributed by atoms with van der Waals surface area (Å²) >= 11 is 3.42. The fourth-order valence-corrected chi connectivity index (χ4v) is 1.88. The smallest absolute Gasteiger partial charge is 0.122 e. The Morgan fingerprint density at radius 1 is 1.47 bits per heavy atom. The first-order chi connectivity index (χ1) is 8.00. The molecule has 1 aromatic rings. The molecule has 0 bridgehead atoms. The van der Waals surface area contributed by atoms with Gasteiger partial charge < -0.3 is 14.6 Å². The lowest BCUT2D eigenvalue weighted by atomic mass is 10.0. The van der Waals surface area contributed by atoms with Gasteiger partial charge in [0.25, 0.3) is 0 Å². The first-order valence-electron chi connectivity index (χ1n) is 5.62. The molecule has 1 aromatic carbocycles. The normalized spacial score (nSPS) is 10.6. The van der Waals surface area contributed by atoms with Crippen molar-refractivity contribution in [3.63, 3.8) is 0 Å². The first-order valence-corrected chi connectivity index (χ1v) is 6.42. The molecule has 0 atom stereocenters. The molecule has 0 aliphatic rings. The van der Waals surface area contributed by atoms with Gasteiger partial charge in [0.2, 0.25) is 0 Å². The molecule has 0 N–H and O–H groups in total. The fourth-order valence-electron chi connectivity index (χ4n) is 1.50. The Kier molecular flexibility index (Phi) is 5.48. The number of ether oxygens (including phenoxy) is 1. The van der Waals surface area contributed by atoms with E-state index in [0.717, 1.165) is 15.8 Å². The summed E-state index contributed by atoms with van der Waals surface area (Å²) in [5.41, 5.74) is 1.12. The van der Waals surface area contributed by atoms with E-state index in [2.05, 4.69) is 29.8 Å². The Bertz CT molecular complexity index is 388. The highest BCUT2D eigenvalue weighted by Gasteiger charge is 2.08. The molecule has 0 aliphatic heterocycles. The van der Waals surface area contributed by atoms with Crippen LogP contribution in [0, 0.1) is 0 Å². The van der Waals surface area contributed by atoms with Crippen molar-refractivity contribution < 1.29 is 14.6 Å². The number of carboxylic acid groups (broad SMARTS) is 1. The number of carboxylic acids is 1. The molecule has 0 spiro atoms. The summed E-state index contributed by atoms with van der Waals surface area (Å²) in [6.45, 7) is 4.58. The van der Waals surface area contributed by atoms with Crippen LogP contribution in [-0.2, 0) is 4.79 Å². The van der Waals surface area contributed by atoms with Crippen molar-refractivity contribution in [1.29, 1.82) is 0 Å². The van der Waals surface area contributed by atoms with Crippen LogP contribution in [0.1, 0.15) is 38.2 Å². The van der Waals surface area contributed by atoms with Crippen LogP contribution in [0.5, 0.6) is 5.75 Å². The van der Waals surface area contributed by atoms with E-state index in [-0.39, 0.29) is 6.42 Å². The van der Waals surface area contributed by atoms with Gasteiger partial charge in [-0.3, -0.25) is 0 Å². The van der Waals surface area contributed by atoms with Crippen molar-refractivity contribution in [3.05, 3.63) is 28.2 Å². The third kappa shape index (κ3) is 4.77. The molecule has 0 heterocycles. The highest BCUT2D eigenvalue weighted by molar-refractivity contribution is 9.10. The van der Waals surface area contributed by atoms with E-state index in [0.29, 0.717) is 18.9 Å². The Hall–Kier alpha value is -1.03. The minimum atomic E-state index is -1.03. The zero-order valence-corrected chi connectivity index (χ0v) is 11.6. The van der Waals surface area contributed by atoms with E-state index < -0.39 is 5.97 Å². The average Bonchev–Trinajstić information content (AvgIpc) is 2.25. The maximum Gasteiger partial charge on any atom is 0.122 e. The van der Waals surface area contributed by atoms with Gasteiger partial charge in [0, 0.05) is 10.4 Å². The van der Waals surface area contributed by atoms with Crippen molar-refractivity contribution in [2.45, 2.75) is 32.6 Å². The minimum Gasteiger partial charge on any atom is -0.550 e. The van der Waals surface area contributed by atoms with Crippen LogP contribution in [0.4, 0.5) is 0 Å². The SMILES string of the molecule is CC(C)c1cc(Br)ccc1OCCCC(=O)[O-]. The van der Waals surface area contributed by atoms with E-state index in [1.54, 1.807) is 0 Å². The zero-order valence-electron chi connectivity index (χ0n) is 10.0. The highest BCUT2D eigenvalue weighted by Crippen LogP contribution is 2.29. The maximum absolute atomic E-state index is 10.3. The Morgan fingerprint density at radius 2 is 2.18 bits per heavy atom. The summed E-state index contributed by atoms with van der Waals surface area (Å²) in [6.07, 6.45) is 0.503. The molecular weight excluding hydrogens is 284 g/mol. The van der Waals surface area contributed by atoms with Crippen LogP contribution in [-0.4, -0.2) is 12.6 Å². The van der Waals surface area contributed by atoms with Gasteiger partial charge in [-0.15, -0.1) is 0 Å². The second kappa shape index (κ2) is 6.64. The van der Waals surface area contributed by atoms with Gasteiger partial charge in [0.15, 0.2) is 0 Å². The monoisotopic (exact) mass is 299 g/mol. The first kappa shape index (κ1) is 14.0. The van der Waals surface area contributed by atoms with Gasteiger partial charge in [-0.1, -0.05) is 29.8 Å². The number of hydrogen-bond donors (Lipinski definition) is 0. The lowest BCUT2D eigenvalue weighted by Crippen LogP contribution is -2.22. The molecule has 3 nitrogen and oxygen atoms in total. The molecule has 0 saturated carbocycles. The van der Waals surface area contributed by atoms with Crippen molar-refractivity contribution in [3.8, 4) is 5.75 Å². The van der Waals surface area contributed by atoms with Crippen LogP contribution < -0.4 is 9.84 Å². The van der Waals surface area contributed by atoms with Crippen molar-refractivity contribution in [1.82, 2.24) is 0 Å². The van der Waals surface area contributed by atoms with Gasteiger partial charge in [0.1, 0.15) is 5.75 Å². The lowest BCUT2D eigenvalue weighted by Gasteiger charge is -2.14. The number of carbonyl (C=O) groups excluding carboxylic acids is 1. The number of rotatable bonds is 6. The summed E-state index contributed by atoms with van der Waals surface area (Å²) in [5.74, 6) is 0.152. The van der Waals surface area contributed by atoms with Crippen molar-refractivity contribution >= 4 is 21.9 Å². The van der Waals surface area contributed by atoms with Crippen molar-refractivity contribution in [2.24, 2.45) is 0 Å².